The number of hydrogen-bond donors (Lipinski definition) is 0. The Morgan fingerprint density at radius 3 is 2.59 bits per heavy atom. The monoisotopic (exact) mass is 414 g/mol. The van der Waals surface area contributed by atoms with Crippen LogP contribution in [0, 0.1) is 6.92 Å². The predicted molar refractivity (Wildman–Crippen MR) is 114 cm³/mol. The van der Waals surface area contributed by atoms with E-state index >= 15 is 0 Å². The second-order valence-electron chi connectivity index (χ2n) is 7.52. The summed E-state index contributed by atoms with van der Waals surface area (Å²) in [6, 6.07) is 8.51. The van der Waals surface area contributed by atoms with E-state index in [0.717, 1.165) is 0 Å². The highest BCUT2D eigenvalue weighted by atomic mass is 35.5. The molecule has 0 atom stereocenters. The smallest absolute Gasteiger partial charge is 0.417 e. The van der Waals surface area contributed by atoms with E-state index in [1.54, 1.807) is 71.1 Å². The molecule has 2 aromatic heterocycles. The van der Waals surface area contributed by atoms with Gasteiger partial charge in [-0.2, -0.15) is 0 Å². The maximum Gasteiger partial charge on any atom is 0.417 e. The molecule has 3 rings (SSSR count). The molecule has 152 valence electrons. The van der Waals surface area contributed by atoms with E-state index in [-0.39, 0.29) is 23.4 Å². The first-order chi connectivity index (χ1) is 13.6. The summed E-state index contributed by atoms with van der Waals surface area (Å²) in [6.45, 7) is 9.18. The van der Waals surface area contributed by atoms with Gasteiger partial charge in [0.2, 0.25) is 5.95 Å². The van der Waals surface area contributed by atoms with Crippen LogP contribution in [0.25, 0.3) is 16.6 Å². The Labute approximate surface area is 173 Å². The standard InChI is InChI=1S/C21H23ClN4O3/c1-6-25(20(28)29-21(3,4)5)19-24-15-10-7-9-14(22)17(15)18(27)26(19)16-11-8-12-23-13(16)2/h7-12H,6H2,1-5H3. The largest absolute Gasteiger partial charge is 0.443 e. The van der Waals surface area contributed by atoms with Gasteiger partial charge in [0.15, 0.2) is 0 Å². The number of amides is 1. The van der Waals surface area contributed by atoms with Gasteiger partial charge in [-0.1, -0.05) is 17.7 Å². The molecule has 1 amide bonds. The fourth-order valence-corrected chi connectivity index (χ4v) is 3.21. The van der Waals surface area contributed by atoms with Crippen molar-refractivity contribution >= 4 is 34.5 Å². The number of carbonyl (C=O) groups is 1. The number of ether oxygens (including phenoxy) is 1. The number of nitrogens with zero attached hydrogens (tertiary/aromatic N) is 4. The van der Waals surface area contributed by atoms with Crippen LogP contribution in [0.1, 0.15) is 33.4 Å². The van der Waals surface area contributed by atoms with Crippen molar-refractivity contribution in [3.8, 4) is 5.69 Å². The van der Waals surface area contributed by atoms with Crippen molar-refractivity contribution in [2.45, 2.75) is 40.2 Å². The summed E-state index contributed by atoms with van der Waals surface area (Å²) in [6.07, 6.45) is 1.04. The molecule has 0 N–H and O–H groups in total. The summed E-state index contributed by atoms with van der Waals surface area (Å²) in [5, 5.41) is 0.573. The molecule has 0 spiro atoms. The van der Waals surface area contributed by atoms with E-state index in [9.17, 15) is 9.59 Å². The average molecular weight is 415 g/mol. The minimum absolute atomic E-state index is 0.151. The Morgan fingerprint density at radius 2 is 1.97 bits per heavy atom. The van der Waals surface area contributed by atoms with Crippen molar-refractivity contribution < 1.29 is 9.53 Å². The fraction of sp³-hybridized carbons (Fsp3) is 0.333. The van der Waals surface area contributed by atoms with E-state index in [4.69, 9.17) is 16.3 Å². The molecule has 8 heteroatoms. The Hall–Kier alpha value is -2.93. The number of aryl methyl sites for hydroxylation is 1. The summed E-state index contributed by atoms with van der Waals surface area (Å²) in [5.74, 6) is 0.151. The Morgan fingerprint density at radius 1 is 1.24 bits per heavy atom. The third kappa shape index (κ3) is 4.10. The number of aromatic nitrogens is 3. The zero-order valence-electron chi connectivity index (χ0n) is 17.1. The molecule has 0 bridgehead atoms. The molecule has 3 aromatic rings. The number of fused-ring (bicyclic) bond motifs is 1. The minimum atomic E-state index is -0.694. The first-order valence-corrected chi connectivity index (χ1v) is 9.65. The molecule has 7 nitrogen and oxygen atoms in total. The van der Waals surface area contributed by atoms with Gasteiger partial charge in [-0.15, -0.1) is 0 Å². The summed E-state index contributed by atoms with van der Waals surface area (Å²) in [4.78, 5) is 36.6. The summed E-state index contributed by atoms with van der Waals surface area (Å²) < 4.78 is 6.90. The highest BCUT2D eigenvalue weighted by Crippen LogP contribution is 2.25. The molecule has 0 saturated carbocycles. The van der Waals surface area contributed by atoms with Crippen LogP contribution in [0.5, 0.6) is 0 Å². The van der Waals surface area contributed by atoms with Crippen LogP contribution in [0.4, 0.5) is 10.7 Å². The molecular formula is C21H23ClN4O3. The van der Waals surface area contributed by atoms with Crippen LogP contribution in [0.3, 0.4) is 0 Å². The van der Waals surface area contributed by atoms with Crippen LogP contribution < -0.4 is 10.5 Å². The topological polar surface area (TPSA) is 77.3 Å². The normalized spacial score (nSPS) is 11.5. The minimum Gasteiger partial charge on any atom is -0.443 e. The second-order valence-corrected chi connectivity index (χ2v) is 7.93. The van der Waals surface area contributed by atoms with E-state index in [0.29, 0.717) is 21.9 Å². The van der Waals surface area contributed by atoms with Crippen LogP contribution in [-0.4, -0.2) is 32.8 Å². The third-order valence-corrected chi connectivity index (χ3v) is 4.54. The highest BCUT2D eigenvalue weighted by molar-refractivity contribution is 6.35. The number of anilines is 1. The molecule has 1 aromatic carbocycles. The lowest BCUT2D eigenvalue weighted by molar-refractivity contribution is 0.0579. The maximum atomic E-state index is 13.5. The van der Waals surface area contributed by atoms with Gasteiger partial charge in [0.05, 0.1) is 27.3 Å². The SMILES string of the molecule is CCN(C(=O)OC(C)(C)C)c1nc2cccc(Cl)c2c(=O)n1-c1cccnc1C. The number of halogens is 1. The molecule has 0 aliphatic rings. The second kappa shape index (κ2) is 7.83. The van der Waals surface area contributed by atoms with Crippen molar-refractivity contribution in [1.29, 1.82) is 0 Å². The molecule has 0 aliphatic heterocycles. The molecule has 0 unspecified atom stereocenters. The number of hydrogen-bond acceptors (Lipinski definition) is 5. The van der Waals surface area contributed by atoms with Gasteiger partial charge < -0.3 is 4.74 Å². The molecule has 0 saturated heterocycles. The summed E-state index contributed by atoms with van der Waals surface area (Å²) >= 11 is 6.30. The van der Waals surface area contributed by atoms with Crippen LogP contribution in [-0.2, 0) is 4.74 Å². The third-order valence-electron chi connectivity index (χ3n) is 4.22. The van der Waals surface area contributed by atoms with E-state index in [1.807, 2.05) is 0 Å². The van der Waals surface area contributed by atoms with Crippen molar-refractivity contribution in [2.75, 3.05) is 11.4 Å². The van der Waals surface area contributed by atoms with E-state index in [2.05, 4.69) is 9.97 Å². The first-order valence-electron chi connectivity index (χ1n) is 9.28. The van der Waals surface area contributed by atoms with Gasteiger partial charge in [0, 0.05) is 12.7 Å². The van der Waals surface area contributed by atoms with Crippen molar-refractivity contribution in [3.63, 3.8) is 0 Å². The van der Waals surface area contributed by atoms with Crippen molar-refractivity contribution in [2.24, 2.45) is 0 Å². The lowest BCUT2D eigenvalue weighted by atomic mass is 10.2. The van der Waals surface area contributed by atoms with E-state index < -0.39 is 11.7 Å². The first kappa shape index (κ1) is 20.8. The predicted octanol–water partition coefficient (Wildman–Crippen LogP) is 4.50. The van der Waals surface area contributed by atoms with Gasteiger partial charge in [-0.25, -0.2) is 19.2 Å². The van der Waals surface area contributed by atoms with Gasteiger partial charge >= 0.3 is 6.09 Å². The van der Waals surface area contributed by atoms with Gasteiger partial charge in [-0.05, 0) is 58.9 Å². The molecule has 2 heterocycles. The average Bonchev–Trinajstić information content (AvgIpc) is 2.62. The van der Waals surface area contributed by atoms with Gasteiger partial charge in [0.1, 0.15) is 5.60 Å². The number of rotatable bonds is 3. The van der Waals surface area contributed by atoms with E-state index in [1.165, 1.54) is 9.47 Å². The van der Waals surface area contributed by atoms with Crippen molar-refractivity contribution in [1.82, 2.24) is 14.5 Å². The maximum absolute atomic E-state index is 13.5. The molecule has 0 fully saturated rings. The zero-order chi connectivity index (χ0) is 21.3. The van der Waals surface area contributed by atoms with Crippen molar-refractivity contribution in [3.05, 3.63) is 57.6 Å². The van der Waals surface area contributed by atoms with Crippen LogP contribution >= 0.6 is 11.6 Å². The van der Waals surface area contributed by atoms with Gasteiger partial charge in [-0.3, -0.25) is 9.78 Å². The number of carbonyl (C=O) groups excluding carboxylic acids is 1. The number of benzene rings is 1. The quantitative estimate of drug-likeness (QED) is 0.630. The van der Waals surface area contributed by atoms with Gasteiger partial charge in [0.25, 0.3) is 5.56 Å². The number of pyridine rings is 1. The highest BCUT2D eigenvalue weighted by Gasteiger charge is 2.28. The fourth-order valence-electron chi connectivity index (χ4n) is 2.96. The Bertz CT molecular complexity index is 1130. The molecule has 0 aliphatic carbocycles. The Kier molecular flexibility index (Phi) is 5.61. The summed E-state index contributed by atoms with van der Waals surface area (Å²) in [5.41, 5.74) is 0.458. The summed E-state index contributed by atoms with van der Waals surface area (Å²) in [7, 11) is 0. The van der Waals surface area contributed by atoms with Crippen LogP contribution in [0.2, 0.25) is 5.02 Å². The molecular weight excluding hydrogens is 392 g/mol. The van der Waals surface area contributed by atoms with Crippen LogP contribution in [0.15, 0.2) is 41.3 Å². The zero-order valence-corrected chi connectivity index (χ0v) is 17.8. The lowest BCUT2D eigenvalue weighted by Crippen LogP contribution is -2.40. The molecule has 0 radical (unpaired) electrons. The Balaban J connectivity index is 2.36. The lowest BCUT2D eigenvalue weighted by Gasteiger charge is -2.27. The molecule has 29 heavy (non-hydrogen) atoms.